The number of benzene rings is 1. The molecule has 0 fully saturated rings. The smallest absolute Gasteiger partial charge is 0.288 e. The number of carbonyl (C=O) groups excluding carboxylic acids is 1. The van der Waals surface area contributed by atoms with Gasteiger partial charge in [-0.3, -0.25) is 4.79 Å². The van der Waals surface area contributed by atoms with Gasteiger partial charge >= 0.3 is 0 Å². The van der Waals surface area contributed by atoms with Gasteiger partial charge in [0.05, 0.1) is 6.26 Å². The Morgan fingerprint density at radius 2 is 2.05 bits per heavy atom. The molecule has 112 valence electrons. The standard InChI is InChI=1S/C17H17N3O2/c1-12-8-11-22-15(12)17(21)19-14(13-6-4-3-5-7-13)16-18-9-10-20(16)2/h3-11,14H,1-2H3,(H,19,21)/t14-/m1/s1. The molecule has 2 heterocycles. The summed E-state index contributed by atoms with van der Waals surface area (Å²) in [5.74, 6) is 0.846. The summed E-state index contributed by atoms with van der Waals surface area (Å²) < 4.78 is 7.17. The predicted octanol–water partition coefficient (Wildman–Crippen LogP) is 2.84. The van der Waals surface area contributed by atoms with Crippen molar-refractivity contribution in [2.24, 2.45) is 7.05 Å². The maximum atomic E-state index is 12.5. The summed E-state index contributed by atoms with van der Waals surface area (Å²) >= 11 is 0. The summed E-state index contributed by atoms with van der Waals surface area (Å²) in [5.41, 5.74) is 1.78. The molecule has 3 rings (SSSR count). The molecule has 0 saturated carbocycles. The van der Waals surface area contributed by atoms with E-state index in [1.807, 2.05) is 55.1 Å². The van der Waals surface area contributed by atoms with E-state index in [0.29, 0.717) is 5.76 Å². The van der Waals surface area contributed by atoms with Crippen molar-refractivity contribution in [2.75, 3.05) is 0 Å². The van der Waals surface area contributed by atoms with Gasteiger partial charge in [-0.2, -0.15) is 0 Å². The second-order valence-electron chi connectivity index (χ2n) is 5.15. The quantitative estimate of drug-likeness (QED) is 0.805. The van der Waals surface area contributed by atoms with Crippen LogP contribution in [0.15, 0.2) is 59.5 Å². The number of furan rings is 1. The largest absolute Gasteiger partial charge is 0.459 e. The molecule has 1 N–H and O–H groups in total. The molecule has 1 atom stereocenters. The number of rotatable bonds is 4. The predicted molar refractivity (Wildman–Crippen MR) is 82.4 cm³/mol. The highest BCUT2D eigenvalue weighted by Crippen LogP contribution is 2.21. The van der Waals surface area contributed by atoms with Crippen molar-refractivity contribution in [3.63, 3.8) is 0 Å². The van der Waals surface area contributed by atoms with Crippen LogP contribution in [-0.2, 0) is 7.05 Å². The lowest BCUT2D eigenvalue weighted by Crippen LogP contribution is -2.31. The molecule has 0 aliphatic heterocycles. The summed E-state index contributed by atoms with van der Waals surface area (Å²) in [7, 11) is 1.91. The van der Waals surface area contributed by atoms with Crippen LogP contribution in [0, 0.1) is 6.92 Å². The van der Waals surface area contributed by atoms with Crippen molar-refractivity contribution < 1.29 is 9.21 Å². The average Bonchev–Trinajstić information content (AvgIpc) is 3.14. The lowest BCUT2D eigenvalue weighted by Gasteiger charge is -2.18. The number of aromatic nitrogens is 2. The first kappa shape index (κ1) is 14.1. The molecule has 1 amide bonds. The zero-order valence-corrected chi connectivity index (χ0v) is 12.5. The van der Waals surface area contributed by atoms with E-state index in [2.05, 4.69) is 10.3 Å². The van der Waals surface area contributed by atoms with Gasteiger partial charge in [-0.15, -0.1) is 0 Å². The van der Waals surface area contributed by atoms with Gasteiger partial charge in [-0.1, -0.05) is 30.3 Å². The van der Waals surface area contributed by atoms with E-state index in [1.54, 1.807) is 12.3 Å². The van der Waals surface area contributed by atoms with Gasteiger partial charge in [0.2, 0.25) is 0 Å². The average molecular weight is 295 g/mol. The van der Waals surface area contributed by atoms with Crippen LogP contribution in [0.25, 0.3) is 0 Å². The number of hydrogen-bond acceptors (Lipinski definition) is 3. The minimum absolute atomic E-state index is 0.251. The van der Waals surface area contributed by atoms with E-state index in [-0.39, 0.29) is 11.9 Å². The second kappa shape index (κ2) is 5.89. The molecular weight excluding hydrogens is 278 g/mol. The first-order chi connectivity index (χ1) is 10.7. The highest BCUT2D eigenvalue weighted by atomic mass is 16.3. The fraction of sp³-hybridized carbons (Fsp3) is 0.176. The SMILES string of the molecule is Cc1ccoc1C(=O)N[C@H](c1ccccc1)c1nccn1C. The third-order valence-corrected chi connectivity index (χ3v) is 3.59. The number of amides is 1. The molecule has 3 aromatic rings. The van der Waals surface area contributed by atoms with Crippen LogP contribution in [-0.4, -0.2) is 15.5 Å². The van der Waals surface area contributed by atoms with Gasteiger partial charge < -0.3 is 14.3 Å². The molecule has 1 aromatic carbocycles. The van der Waals surface area contributed by atoms with Crippen molar-refractivity contribution in [3.8, 4) is 0 Å². The molecule has 5 heteroatoms. The van der Waals surface area contributed by atoms with E-state index in [9.17, 15) is 4.79 Å². The Balaban J connectivity index is 1.95. The van der Waals surface area contributed by atoms with Crippen LogP contribution in [0.5, 0.6) is 0 Å². The minimum atomic E-state index is -0.335. The summed E-state index contributed by atoms with van der Waals surface area (Å²) in [5, 5.41) is 3.00. The van der Waals surface area contributed by atoms with E-state index >= 15 is 0 Å². The lowest BCUT2D eigenvalue weighted by atomic mass is 10.1. The summed E-state index contributed by atoms with van der Waals surface area (Å²) in [6.45, 7) is 1.84. The Labute approximate surface area is 128 Å². The van der Waals surface area contributed by atoms with Crippen molar-refractivity contribution in [2.45, 2.75) is 13.0 Å². The lowest BCUT2D eigenvalue weighted by molar-refractivity contribution is 0.0912. The minimum Gasteiger partial charge on any atom is -0.459 e. The van der Waals surface area contributed by atoms with E-state index in [1.165, 1.54) is 6.26 Å². The third kappa shape index (κ3) is 2.65. The molecule has 0 aliphatic carbocycles. The van der Waals surface area contributed by atoms with Gasteiger partial charge in [-0.05, 0) is 18.6 Å². The number of nitrogens with one attached hydrogen (secondary N) is 1. The summed E-state index contributed by atoms with van der Waals surface area (Å²) in [6, 6.07) is 11.2. The zero-order chi connectivity index (χ0) is 15.5. The maximum absolute atomic E-state index is 12.5. The van der Waals surface area contributed by atoms with Crippen LogP contribution >= 0.6 is 0 Å². The van der Waals surface area contributed by atoms with Crippen LogP contribution < -0.4 is 5.32 Å². The normalized spacial score (nSPS) is 12.1. The number of imidazole rings is 1. The molecule has 0 radical (unpaired) electrons. The van der Waals surface area contributed by atoms with Crippen molar-refractivity contribution in [1.82, 2.24) is 14.9 Å². The Hall–Kier alpha value is -2.82. The van der Waals surface area contributed by atoms with Crippen LogP contribution in [0.1, 0.15) is 33.5 Å². The van der Waals surface area contributed by atoms with Crippen molar-refractivity contribution >= 4 is 5.91 Å². The first-order valence-electron chi connectivity index (χ1n) is 7.04. The fourth-order valence-corrected chi connectivity index (χ4v) is 2.40. The van der Waals surface area contributed by atoms with Gasteiger partial charge in [0.1, 0.15) is 11.9 Å². The molecule has 0 bridgehead atoms. The van der Waals surface area contributed by atoms with Gasteiger partial charge in [-0.25, -0.2) is 4.98 Å². The molecule has 0 spiro atoms. The second-order valence-corrected chi connectivity index (χ2v) is 5.15. The van der Waals surface area contributed by atoms with E-state index < -0.39 is 0 Å². The number of carbonyl (C=O) groups is 1. The number of aryl methyl sites for hydroxylation is 2. The van der Waals surface area contributed by atoms with Crippen LogP contribution in [0.4, 0.5) is 0 Å². The van der Waals surface area contributed by atoms with Crippen LogP contribution in [0.2, 0.25) is 0 Å². The Morgan fingerprint density at radius 1 is 1.27 bits per heavy atom. The fourth-order valence-electron chi connectivity index (χ4n) is 2.40. The number of hydrogen-bond donors (Lipinski definition) is 1. The Morgan fingerprint density at radius 3 is 2.64 bits per heavy atom. The molecule has 0 unspecified atom stereocenters. The zero-order valence-electron chi connectivity index (χ0n) is 12.5. The first-order valence-corrected chi connectivity index (χ1v) is 7.04. The third-order valence-electron chi connectivity index (χ3n) is 3.59. The van der Waals surface area contributed by atoms with Gasteiger partial charge in [0.15, 0.2) is 5.76 Å². The topological polar surface area (TPSA) is 60.1 Å². The van der Waals surface area contributed by atoms with Crippen molar-refractivity contribution in [1.29, 1.82) is 0 Å². The van der Waals surface area contributed by atoms with Gasteiger partial charge in [0, 0.05) is 25.0 Å². The highest BCUT2D eigenvalue weighted by Gasteiger charge is 2.23. The monoisotopic (exact) mass is 295 g/mol. The number of nitrogens with zero attached hydrogens (tertiary/aromatic N) is 2. The van der Waals surface area contributed by atoms with Crippen LogP contribution in [0.3, 0.4) is 0 Å². The molecule has 5 nitrogen and oxygen atoms in total. The molecular formula is C17H17N3O2. The van der Waals surface area contributed by atoms with E-state index in [0.717, 1.165) is 17.0 Å². The summed E-state index contributed by atoms with van der Waals surface area (Å²) in [4.78, 5) is 16.8. The van der Waals surface area contributed by atoms with Crippen molar-refractivity contribution in [3.05, 3.63) is 77.8 Å². The Kier molecular flexibility index (Phi) is 3.78. The highest BCUT2D eigenvalue weighted by molar-refractivity contribution is 5.93. The van der Waals surface area contributed by atoms with Gasteiger partial charge in [0.25, 0.3) is 5.91 Å². The molecule has 2 aromatic heterocycles. The maximum Gasteiger partial charge on any atom is 0.288 e. The summed E-state index contributed by atoms with van der Waals surface area (Å²) in [6.07, 6.45) is 5.09. The molecule has 0 saturated heterocycles. The van der Waals surface area contributed by atoms with E-state index in [4.69, 9.17) is 4.42 Å². The molecule has 22 heavy (non-hydrogen) atoms. The Bertz CT molecular complexity index is 774. The molecule has 0 aliphatic rings.